The summed E-state index contributed by atoms with van der Waals surface area (Å²) in [6.07, 6.45) is 3.00. The van der Waals surface area contributed by atoms with Crippen LogP contribution in [0.2, 0.25) is 0 Å². The van der Waals surface area contributed by atoms with Crippen LogP contribution in [0, 0.1) is 11.6 Å². The molecule has 0 saturated carbocycles. The number of urea groups is 1. The summed E-state index contributed by atoms with van der Waals surface area (Å²) in [6.45, 7) is 2.62. The average Bonchev–Trinajstić information content (AvgIpc) is 3.45. The highest BCUT2D eigenvalue weighted by Crippen LogP contribution is 2.43. The maximum atomic E-state index is 13.8. The molecule has 1 atom stereocenters. The van der Waals surface area contributed by atoms with E-state index in [1.807, 2.05) is 17.0 Å². The van der Waals surface area contributed by atoms with Crippen LogP contribution < -0.4 is 5.32 Å². The first kappa shape index (κ1) is 22.9. The summed E-state index contributed by atoms with van der Waals surface area (Å²) in [4.78, 5) is 19.3. The SMILES string of the molecule is CN1CCc2c(sc3c2CN(C(=O)NCc2ccc(F)cc2)[C@H](c2ccc(F)cc2)c2cccn2-3)C1. The first-order valence-electron chi connectivity index (χ1n) is 12.0. The summed E-state index contributed by atoms with van der Waals surface area (Å²) in [6, 6.07) is 15.9. The number of fused-ring (bicyclic) bond motifs is 5. The minimum absolute atomic E-state index is 0.220. The minimum atomic E-state index is -0.393. The molecule has 2 aliphatic heterocycles. The topological polar surface area (TPSA) is 40.5 Å². The molecule has 184 valence electrons. The Balaban J connectivity index is 1.42. The number of hydrogen-bond donors (Lipinski definition) is 1. The van der Waals surface area contributed by atoms with E-state index in [1.54, 1.807) is 35.6 Å². The number of carbonyl (C=O) groups excluding carboxylic acids is 1. The number of nitrogens with one attached hydrogen (secondary N) is 1. The molecule has 6 rings (SSSR count). The van der Waals surface area contributed by atoms with Crippen LogP contribution in [-0.4, -0.2) is 34.0 Å². The van der Waals surface area contributed by atoms with Gasteiger partial charge < -0.3 is 19.7 Å². The number of likely N-dealkylation sites (N-methyl/N-ethyl adjacent to an activating group) is 1. The number of halogens is 2. The van der Waals surface area contributed by atoms with Gasteiger partial charge in [0.05, 0.1) is 18.3 Å². The van der Waals surface area contributed by atoms with Gasteiger partial charge in [0.15, 0.2) is 0 Å². The second-order valence-electron chi connectivity index (χ2n) is 9.45. The van der Waals surface area contributed by atoms with E-state index in [4.69, 9.17) is 0 Å². The molecule has 5 nitrogen and oxygen atoms in total. The lowest BCUT2D eigenvalue weighted by Crippen LogP contribution is -2.42. The van der Waals surface area contributed by atoms with E-state index in [9.17, 15) is 13.6 Å². The van der Waals surface area contributed by atoms with Crippen molar-refractivity contribution in [3.05, 3.63) is 111 Å². The molecule has 1 N–H and O–H groups in total. The molecule has 0 radical (unpaired) electrons. The zero-order chi connectivity index (χ0) is 24.8. The molecule has 0 saturated heterocycles. The first-order valence-corrected chi connectivity index (χ1v) is 12.8. The quantitative estimate of drug-likeness (QED) is 0.394. The largest absolute Gasteiger partial charge is 0.334 e. The van der Waals surface area contributed by atoms with Gasteiger partial charge in [-0.05, 0) is 66.6 Å². The highest BCUT2D eigenvalue weighted by Gasteiger charge is 2.36. The molecule has 4 heterocycles. The van der Waals surface area contributed by atoms with E-state index in [-0.39, 0.29) is 24.2 Å². The summed E-state index contributed by atoms with van der Waals surface area (Å²) in [7, 11) is 2.13. The van der Waals surface area contributed by atoms with Crippen molar-refractivity contribution in [1.82, 2.24) is 19.7 Å². The summed E-state index contributed by atoms with van der Waals surface area (Å²) in [5.74, 6) is -0.623. The number of nitrogens with zero attached hydrogens (tertiary/aromatic N) is 3. The molecule has 0 aliphatic carbocycles. The Hall–Kier alpha value is -3.49. The van der Waals surface area contributed by atoms with Gasteiger partial charge in [-0.25, -0.2) is 13.6 Å². The molecule has 4 aromatic rings. The van der Waals surface area contributed by atoms with E-state index in [1.165, 1.54) is 40.3 Å². The average molecular weight is 505 g/mol. The van der Waals surface area contributed by atoms with Gasteiger partial charge in [0.2, 0.25) is 0 Å². The Morgan fingerprint density at radius 3 is 2.47 bits per heavy atom. The van der Waals surface area contributed by atoms with E-state index < -0.39 is 6.04 Å². The van der Waals surface area contributed by atoms with Gasteiger partial charge in [-0.2, -0.15) is 0 Å². The van der Waals surface area contributed by atoms with Crippen LogP contribution in [0.25, 0.3) is 5.00 Å². The molecule has 2 amide bonds. The molecule has 0 unspecified atom stereocenters. The fraction of sp³-hybridized carbons (Fsp3) is 0.250. The van der Waals surface area contributed by atoms with Gasteiger partial charge in [0.1, 0.15) is 16.6 Å². The van der Waals surface area contributed by atoms with E-state index in [0.29, 0.717) is 6.54 Å². The molecule has 0 fully saturated rings. The maximum absolute atomic E-state index is 13.8. The highest BCUT2D eigenvalue weighted by atomic mass is 32.1. The molecular weight excluding hydrogens is 478 g/mol. The number of amides is 2. The predicted octanol–water partition coefficient (Wildman–Crippen LogP) is 5.62. The molecule has 0 spiro atoms. The van der Waals surface area contributed by atoms with E-state index >= 15 is 0 Å². The molecular formula is C28H26F2N4OS. The van der Waals surface area contributed by atoms with Crippen molar-refractivity contribution in [2.24, 2.45) is 0 Å². The third kappa shape index (κ3) is 4.10. The lowest BCUT2D eigenvalue weighted by Gasteiger charge is -2.32. The van der Waals surface area contributed by atoms with Crippen LogP contribution in [0.15, 0.2) is 66.9 Å². The zero-order valence-electron chi connectivity index (χ0n) is 19.9. The molecule has 2 aromatic carbocycles. The normalized spacial score (nSPS) is 17.2. The molecule has 36 heavy (non-hydrogen) atoms. The Bertz CT molecular complexity index is 1410. The molecule has 2 aliphatic rings. The van der Waals surface area contributed by atoms with Gasteiger partial charge in [-0.15, -0.1) is 11.3 Å². The van der Waals surface area contributed by atoms with E-state index in [2.05, 4.69) is 28.0 Å². The van der Waals surface area contributed by atoms with Crippen molar-refractivity contribution < 1.29 is 13.6 Å². The maximum Gasteiger partial charge on any atom is 0.318 e. The van der Waals surface area contributed by atoms with Gasteiger partial charge in [0, 0.05) is 36.3 Å². The van der Waals surface area contributed by atoms with Crippen molar-refractivity contribution in [3.63, 3.8) is 0 Å². The second kappa shape index (κ2) is 9.19. The Labute approximate surface area is 212 Å². The fourth-order valence-corrected chi connectivity index (χ4v) is 6.67. The number of aromatic nitrogens is 1. The third-order valence-corrected chi connectivity index (χ3v) is 8.32. The summed E-state index contributed by atoms with van der Waals surface area (Å²) in [5, 5.41) is 4.19. The Kier molecular flexibility index (Phi) is 5.85. The van der Waals surface area contributed by atoms with Gasteiger partial charge >= 0.3 is 6.03 Å². The third-order valence-electron chi connectivity index (χ3n) is 7.06. The van der Waals surface area contributed by atoms with Gasteiger partial charge in [0.25, 0.3) is 0 Å². The van der Waals surface area contributed by atoms with Crippen LogP contribution in [-0.2, 0) is 26.1 Å². The predicted molar refractivity (Wildman–Crippen MR) is 136 cm³/mol. The van der Waals surface area contributed by atoms with Crippen LogP contribution in [0.1, 0.15) is 38.9 Å². The zero-order valence-corrected chi connectivity index (χ0v) is 20.7. The molecule has 8 heteroatoms. The summed E-state index contributed by atoms with van der Waals surface area (Å²) in [5.41, 5.74) is 5.14. The number of carbonyl (C=O) groups is 1. The van der Waals surface area contributed by atoms with Crippen molar-refractivity contribution in [2.45, 2.75) is 32.1 Å². The smallest absolute Gasteiger partial charge is 0.318 e. The lowest BCUT2D eigenvalue weighted by atomic mass is 10.0. The van der Waals surface area contributed by atoms with Crippen LogP contribution in [0.5, 0.6) is 0 Å². The van der Waals surface area contributed by atoms with Gasteiger partial charge in [-0.1, -0.05) is 24.3 Å². The van der Waals surface area contributed by atoms with Crippen LogP contribution >= 0.6 is 11.3 Å². The standard InChI is InChI=1S/C28H26F2N4OS/c1-32-14-12-22-23-16-34(28(35)31-15-18-4-8-20(29)9-5-18)26(19-6-10-21(30)11-7-19)24-3-2-13-33(24)27(23)36-25(22)17-32/h2-11,13,26H,12,14-17H2,1H3,(H,31,35)/t26-/m1/s1. The monoisotopic (exact) mass is 504 g/mol. The Morgan fingerprint density at radius 2 is 1.72 bits per heavy atom. The number of benzene rings is 2. The minimum Gasteiger partial charge on any atom is -0.334 e. The van der Waals surface area contributed by atoms with Crippen LogP contribution in [0.4, 0.5) is 13.6 Å². The summed E-state index contributed by atoms with van der Waals surface area (Å²) < 4.78 is 29.4. The van der Waals surface area contributed by atoms with E-state index in [0.717, 1.165) is 41.3 Å². The number of hydrogen-bond acceptors (Lipinski definition) is 3. The van der Waals surface area contributed by atoms with Crippen molar-refractivity contribution in [2.75, 3.05) is 13.6 Å². The first-order chi connectivity index (χ1) is 17.5. The number of rotatable bonds is 3. The molecule has 2 aromatic heterocycles. The highest BCUT2D eigenvalue weighted by molar-refractivity contribution is 7.15. The second-order valence-corrected chi connectivity index (χ2v) is 10.5. The Morgan fingerprint density at radius 1 is 1.00 bits per heavy atom. The number of thiophene rings is 1. The van der Waals surface area contributed by atoms with Crippen molar-refractivity contribution in [1.29, 1.82) is 0 Å². The van der Waals surface area contributed by atoms with Crippen LogP contribution in [0.3, 0.4) is 0 Å². The summed E-state index contributed by atoms with van der Waals surface area (Å²) >= 11 is 1.79. The lowest BCUT2D eigenvalue weighted by molar-refractivity contribution is 0.180. The molecule has 0 bridgehead atoms. The fourth-order valence-electron chi connectivity index (χ4n) is 5.23. The van der Waals surface area contributed by atoms with Gasteiger partial charge in [-0.3, -0.25) is 0 Å². The van der Waals surface area contributed by atoms with Crippen molar-refractivity contribution >= 4 is 17.4 Å². The van der Waals surface area contributed by atoms with Crippen molar-refractivity contribution in [3.8, 4) is 5.00 Å².